The highest BCUT2D eigenvalue weighted by Gasteiger charge is 2.09. The molecule has 0 N–H and O–H groups in total. The summed E-state index contributed by atoms with van der Waals surface area (Å²) in [5, 5.41) is 12.5. The second-order valence-corrected chi connectivity index (χ2v) is 4.37. The molecular formula is C13H11ClN4O2. The van der Waals surface area contributed by atoms with Crippen LogP contribution in [0.4, 0.5) is 0 Å². The first-order valence-corrected chi connectivity index (χ1v) is 6.28. The molecule has 0 saturated heterocycles. The Morgan fingerprint density at radius 2 is 1.90 bits per heavy atom. The van der Waals surface area contributed by atoms with Gasteiger partial charge in [0, 0.05) is 0 Å². The van der Waals surface area contributed by atoms with Crippen LogP contribution in [-0.2, 0) is 6.61 Å². The third-order valence-electron chi connectivity index (χ3n) is 2.72. The molecule has 0 saturated carbocycles. The molecule has 20 heavy (non-hydrogen) atoms. The summed E-state index contributed by atoms with van der Waals surface area (Å²) in [6, 6.07) is 10.8. The van der Waals surface area contributed by atoms with Crippen LogP contribution in [0.15, 0.2) is 36.4 Å². The van der Waals surface area contributed by atoms with Crippen molar-refractivity contribution in [3.05, 3.63) is 47.4 Å². The number of hydrogen-bond acceptors (Lipinski definition) is 5. The SMILES string of the molecule is COc1ccccc1OCc1nnc2ccc(Cl)nn12. The van der Waals surface area contributed by atoms with E-state index in [2.05, 4.69) is 15.3 Å². The number of methoxy groups -OCH3 is 1. The maximum absolute atomic E-state index is 5.86. The average Bonchev–Trinajstić information content (AvgIpc) is 2.87. The first-order valence-electron chi connectivity index (χ1n) is 5.90. The Kier molecular flexibility index (Phi) is 3.39. The number of fused-ring (bicyclic) bond motifs is 1. The fraction of sp³-hybridized carbons (Fsp3) is 0.154. The topological polar surface area (TPSA) is 61.5 Å². The van der Waals surface area contributed by atoms with E-state index in [1.165, 1.54) is 0 Å². The Morgan fingerprint density at radius 1 is 1.10 bits per heavy atom. The third-order valence-corrected chi connectivity index (χ3v) is 2.92. The minimum Gasteiger partial charge on any atom is -0.493 e. The van der Waals surface area contributed by atoms with Crippen LogP contribution in [0.1, 0.15) is 5.82 Å². The van der Waals surface area contributed by atoms with E-state index in [0.717, 1.165) is 0 Å². The minimum atomic E-state index is 0.217. The number of hydrogen-bond donors (Lipinski definition) is 0. The van der Waals surface area contributed by atoms with E-state index in [4.69, 9.17) is 21.1 Å². The van der Waals surface area contributed by atoms with Crippen LogP contribution < -0.4 is 9.47 Å². The molecule has 0 aliphatic heterocycles. The molecular weight excluding hydrogens is 280 g/mol. The molecule has 0 spiro atoms. The average molecular weight is 291 g/mol. The molecule has 0 bridgehead atoms. The van der Waals surface area contributed by atoms with Gasteiger partial charge in [0.1, 0.15) is 11.8 Å². The Morgan fingerprint density at radius 3 is 2.70 bits per heavy atom. The Balaban J connectivity index is 1.85. The molecule has 2 aromatic heterocycles. The monoisotopic (exact) mass is 290 g/mol. The molecule has 7 heteroatoms. The number of benzene rings is 1. The van der Waals surface area contributed by atoms with Crippen LogP contribution in [0.25, 0.3) is 5.65 Å². The molecule has 0 aliphatic carbocycles. The largest absolute Gasteiger partial charge is 0.493 e. The zero-order valence-electron chi connectivity index (χ0n) is 10.7. The van der Waals surface area contributed by atoms with Gasteiger partial charge in [-0.15, -0.1) is 10.2 Å². The Bertz CT molecular complexity index is 744. The molecule has 0 atom stereocenters. The van der Waals surface area contributed by atoms with Gasteiger partial charge in [-0.25, -0.2) is 0 Å². The van der Waals surface area contributed by atoms with Gasteiger partial charge < -0.3 is 9.47 Å². The van der Waals surface area contributed by atoms with Crippen molar-refractivity contribution in [2.75, 3.05) is 7.11 Å². The van der Waals surface area contributed by atoms with Crippen molar-refractivity contribution in [3.63, 3.8) is 0 Å². The lowest BCUT2D eigenvalue weighted by Crippen LogP contribution is -2.04. The van der Waals surface area contributed by atoms with Gasteiger partial charge >= 0.3 is 0 Å². The van der Waals surface area contributed by atoms with Gasteiger partial charge in [-0.2, -0.15) is 9.61 Å². The van der Waals surface area contributed by atoms with Crippen LogP contribution in [0.5, 0.6) is 11.5 Å². The van der Waals surface area contributed by atoms with Gasteiger partial charge in [0.05, 0.1) is 7.11 Å². The van der Waals surface area contributed by atoms with Crippen molar-refractivity contribution in [1.82, 2.24) is 19.8 Å². The molecule has 0 radical (unpaired) electrons. The Labute approximate surface area is 119 Å². The first-order chi connectivity index (χ1) is 9.78. The lowest BCUT2D eigenvalue weighted by atomic mass is 10.3. The van der Waals surface area contributed by atoms with E-state index < -0.39 is 0 Å². The van der Waals surface area contributed by atoms with Crippen molar-refractivity contribution in [1.29, 1.82) is 0 Å². The summed E-state index contributed by atoms with van der Waals surface area (Å²) in [6.07, 6.45) is 0. The second kappa shape index (κ2) is 5.34. The molecule has 3 aromatic rings. The number of halogens is 1. The van der Waals surface area contributed by atoms with E-state index >= 15 is 0 Å². The van der Waals surface area contributed by atoms with Crippen molar-refractivity contribution in [2.45, 2.75) is 6.61 Å². The van der Waals surface area contributed by atoms with E-state index in [1.807, 2.05) is 24.3 Å². The van der Waals surface area contributed by atoms with Crippen molar-refractivity contribution in [3.8, 4) is 11.5 Å². The van der Waals surface area contributed by atoms with Crippen LogP contribution >= 0.6 is 11.6 Å². The smallest absolute Gasteiger partial charge is 0.192 e. The Hall–Kier alpha value is -2.34. The normalized spacial score (nSPS) is 10.7. The van der Waals surface area contributed by atoms with E-state index in [-0.39, 0.29) is 6.61 Å². The molecule has 102 valence electrons. The number of para-hydroxylation sites is 2. The highest BCUT2D eigenvalue weighted by Crippen LogP contribution is 2.26. The fourth-order valence-corrected chi connectivity index (χ4v) is 1.92. The predicted molar refractivity (Wildman–Crippen MR) is 73.1 cm³/mol. The quantitative estimate of drug-likeness (QED) is 0.738. The fourth-order valence-electron chi connectivity index (χ4n) is 1.78. The van der Waals surface area contributed by atoms with Gasteiger partial charge in [0.25, 0.3) is 0 Å². The number of nitrogens with zero attached hydrogens (tertiary/aromatic N) is 4. The second-order valence-electron chi connectivity index (χ2n) is 3.98. The summed E-state index contributed by atoms with van der Waals surface area (Å²) in [5.74, 6) is 1.86. The van der Waals surface area contributed by atoms with Crippen LogP contribution in [0, 0.1) is 0 Å². The van der Waals surface area contributed by atoms with Gasteiger partial charge in [-0.05, 0) is 24.3 Å². The number of rotatable bonds is 4. The summed E-state index contributed by atoms with van der Waals surface area (Å²) in [7, 11) is 1.59. The van der Waals surface area contributed by atoms with Crippen LogP contribution in [-0.4, -0.2) is 26.9 Å². The summed E-state index contributed by atoms with van der Waals surface area (Å²) in [6.45, 7) is 0.217. The van der Waals surface area contributed by atoms with E-state index in [0.29, 0.717) is 28.1 Å². The van der Waals surface area contributed by atoms with E-state index in [1.54, 1.807) is 23.8 Å². The highest BCUT2D eigenvalue weighted by molar-refractivity contribution is 6.29. The zero-order chi connectivity index (χ0) is 13.9. The highest BCUT2D eigenvalue weighted by atomic mass is 35.5. The van der Waals surface area contributed by atoms with Crippen LogP contribution in [0.3, 0.4) is 0 Å². The molecule has 1 aromatic carbocycles. The first kappa shape index (κ1) is 12.7. The predicted octanol–water partition coefficient (Wildman–Crippen LogP) is 2.37. The molecule has 3 rings (SSSR count). The third kappa shape index (κ3) is 2.37. The number of aromatic nitrogens is 4. The van der Waals surface area contributed by atoms with Crippen molar-refractivity contribution < 1.29 is 9.47 Å². The van der Waals surface area contributed by atoms with E-state index in [9.17, 15) is 0 Å². The summed E-state index contributed by atoms with van der Waals surface area (Å²) in [4.78, 5) is 0. The maximum atomic E-state index is 5.86. The molecule has 6 nitrogen and oxygen atoms in total. The molecule has 0 unspecified atom stereocenters. The maximum Gasteiger partial charge on any atom is 0.192 e. The summed E-state index contributed by atoms with van der Waals surface area (Å²) in [5.41, 5.74) is 0.619. The standard InChI is InChI=1S/C13H11ClN4O2/c1-19-9-4-2-3-5-10(9)20-8-13-16-15-12-7-6-11(14)17-18(12)13/h2-7H,8H2,1H3. The zero-order valence-corrected chi connectivity index (χ0v) is 11.4. The van der Waals surface area contributed by atoms with Crippen molar-refractivity contribution in [2.24, 2.45) is 0 Å². The molecule has 0 amide bonds. The van der Waals surface area contributed by atoms with Crippen molar-refractivity contribution >= 4 is 17.2 Å². The van der Waals surface area contributed by atoms with Gasteiger partial charge in [-0.1, -0.05) is 23.7 Å². The van der Waals surface area contributed by atoms with Gasteiger partial charge in [0.15, 0.2) is 23.0 Å². The molecule has 0 aliphatic rings. The molecule has 0 fully saturated rings. The van der Waals surface area contributed by atoms with Gasteiger partial charge in [0.2, 0.25) is 0 Å². The van der Waals surface area contributed by atoms with Crippen LogP contribution in [0.2, 0.25) is 5.15 Å². The summed E-state index contributed by atoms with van der Waals surface area (Å²) < 4.78 is 12.5. The van der Waals surface area contributed by atoms with Gasteiger partial charge in [-0.3, -0.25) is 0 Å². The molecule has 2 heterocycles. The lowest BCUT2D eigenvalue weighted by Gasteiger charge is -2.09. The lowest BCUT2D eigenvalue weighted by molar-refractivity contribution is 0.274. The summed E-state index contributed by atoms with van der Waals surface area (Å²) >= 11 is 5.86. The minimum absolute atomic E-state index is 0.217. The number of ether oxygens (including phenoxy) is 2.